The molecule has 1 heterocycles. The molecule has 0 saturated heterocycles. The maximum absolute atomic E-state index is 12.6. The molecule has 0 aliphatic carbocycles. The summed E-state index contributed by atoms with van der Waals surface area (Å²) in [5, 5.41) is 7.52. The van der Waals surface area contributed by atoms with Crippen LogP contribution in [0, 0.1) is 13.8 Å². The van der Waals surface area contributed by atoms with Crippen molar-refractivity contribution in [2.75, 3.05) is 20.2 Å². The van der Waals surface area contributed by atoms with Gasteiger partial charge in [-0.05, 0) is 38.5 Å². The standard InChI is InChI=1S/C19H26F2N4O2S.HI/c1-5-22-19(23-9-8-17-25-12(2)13(3)28-17)24-11-14-6-7-15(26-4)16(10-14)27-18(20)21;/h6-7,10,18H,5,8-9,11H2,1-4H3,(H2,22,23,24);1H. The van der Waals surface area contributed by atoms with Crippen molar-refractivity contribution in [3.8, 4) is 11.5 Å². The van der Waals surface area contributed by atoms with Gasteiger partial charge >= 0.3 is 6.61 Å². The minimum absolute atomic E-state index is 0. The van der Waals surface area contributed by atoms with Gasteiger partial charge in [0.15, 0.2) is 17.5 Å². The van der Waals surface area contributed by atoms with E-state index >= 15 is 0 Å². The number of nitrogens with zero attached hydrogens (tertiary/aromatic N) is 2. The van der Waals surface area contributed by atoms with Crippen LogP contribution >= 0.6 is 35.3 Å². The Balaban J connectivity index is 0.00000420. The van der Waals surface area contributed by atoms with E-state index in [1.807, 2.05) is 13.8 Å². The number of aryl methyl sites for hydroxylation is 2. The number of benzene rings is 1. The summed E-state index contributed by atoms with van der Waals surface area (Å²) >= 11 is 1.70. The first-order valence-corrected chi connectivity index (χ1v) is 9.81. The van der Waals surface area contributed by atoms with Gasteiger partial charge in [0.1, 0.15) is 0 Å². The molecule has 162 valence electrons. The van der Waals surface area contributed by atoms with E-state index < -0.39 is 6.61 Å². The van der Waals surface area contributed by atoms with E-state index in [1.165, 1.54) is 18.1 Å². The van der Waals surface area contributed by atoms with Gasteiger partial charge in [0, 0.05) is 24.4 Å². The average molecular weight is 540 g/mol. The Morgan fingerprint density at radius 3 is 2.59 bits per heavy atom. The molecule has 0 unspecified atom stereocenters. The molecule has 6 nitrogen and oxygen atoms in total. The van der Waals surface area contributed by atoms with Crippen LogP contribution in [0.3, 0.4) is 0 Å². The van der Waals surface area contributed by atoms with Crippen LogP contribution < -0.4 is 20.1 Å². The third-order valence-electron chi connectivity index (χ3n) is 3.91. The van der Waals surface area contributed by atoms with Gasteiger partial charge in [0.05, 0.1) is 24.4 Å². The molecule has 1 aromatic carbocycles. The zero-order chi connectivity index (χ0) is 20.5. The Hall–Kier alpha value is -1.69. The van der Waals surface area contributed by atoms with E-state index in [0.29, 0.717) is 25.6 Å². The fourth-order valence-electron chi connectivity index (χ4n) is 2.45. The highest BCUT2D eigenvalue weighted by Crippen LogP contribution is 2.29. The van der Waals surface area contributed by atoms with E-state index in [1.54, 1.807) is 23.5 Å². The summed E-state index contributed by atoms with van der Waals surface area (Å²) < 4.78 is 34.7. The largest absolute Gasteiger partial charge is 0.493 e. The lowest BCUT2D eigenvalue weighted by Crippen LogP contribution is -2.38. The highest BCUT2D eigenvalue weighted by atomic mass is 127. The topological polar surface area (TPSA) is 67.8 Å². The number of thiazole rings is 1. The molecule has 29 heavy (non-hydrogen) atoms. The van der Waals surface area contributed by atoms with Crippen LogP contribution in [0.15, 0.2) is 23.2 Å². The van der Waals surface area contributed by atoms with Gasteiger partial charge in [0.2, 0.25) is 0 Å². The smallest absolute Gasteiger partial charge is 0.387 e. The molecule has 0 fully saturated rings. The van der Waals surface area contributed by atoms with Crippen molar-refractivity contribution in [2.24, 2.45) is 4.99 Å². The fourth-order valence-corrected chi connectivity index (χ4v) is 3.39. The Bertz CT molecular complexity index is 783. The maximum Gasteiger partial charge on any atom is 0.387 e. The molecule has 0 saturated carbocycles. The molecule has 2 N–H and O–H groups in total. The summed E-state index contributed by atoms with van der Waals surface area (Å²) in [5.74, 6) is 0.907. The first-order valence-electron chi connectivity index (χ1n) is 8.99. The maximum atomic E-state index is 12.6. The third-order valence-corrected chi connectivity index (χ3v) is 5.04. The number of hydrogen-bond donors (Lipinski definition) is 2. The minimum atomic E-state index is -2.91. The molecule has 0 radical (unpaired) electrons. The van der Waals surface area contributed by atoms with Crippen LogP contribution in [-0.4, -0.2) is 37.8 Å². The van der Waals surface area contributed by atoms with Gasteiger partial charge in [0.25, 0.3) is 0 Å². The Morgan fingerprint density at radius 1 is 1.24 bits per heavy atom. The summed E-state index contributed by atoms with van der Waals surface area (Å²) in [5.41, 5.74) is 1.81. The quantitative estimate of drug-likeness (QED) is 0.283. The molecular formula is C19H27F2IN4O2S. The molecule has 0 bridgehead atoms. The third kappa shape index (κ3) is 8.29. The summed E-state index contributed by atoms with van der Waals surface area (Å²) in [6.07, 6.45) is 0.804. The summed E-state index contributed by atoms with van der Waals surface area (Å²) in [6.45, 7) is 4.86. The second-order valence-corrected chi connectivity index (χ2v) is 7.27. The summed E-state index contributed by atoms with van der Waals surface area (Å²) in [7, 11) is 1.41. The van der Waals surface area contributed by atoms with Crippen LogP contribution in [-0.2, 0) is 13.0 Å². The summed E-state index contributed by atoms with van der Waals surface area (Å²) in [4.78, 5) is 10.3. The molecule has 10 heteroatoms. The number of nitrogens with one attached hydrogen (secondary N) is 2. The van der Waals surface area contributed by atoms with Gasteiger partial charge in [-0.1, -0.05) is 6.07 Å². The molecule has 0 atom stereocenters. The molecule has 1 aromatic heterocycles. The van der Waals surface area contributed by atoms with E-state index in [0.717, 1.165) is 22.7 Å². The zero-order valence-electron chi connectivity index (χ0n) is 16.9. The molecule has 0 aliphatic rings. The predicted molar refractivity (Wildman–Crippen MR) is 123 cm³/mol. The number of ether oxygens (including phenoxy) is 2. The zero-order valence-corrected chi connectivity index (χ0v) is 20.1. The molecule has 0 amide bonds. The van der Waals surface area contributed by atoms with Gasteiger partial charge in [-0.3, -0.25) is 0 Å². The van der Waals surface area contributed by atoms with Crippen molar-refractivity contribution in [1.29, 1.82) is 0 Å². The molecule has 2 rings (SSSR count). The predicted octanol–water partition coefficient (Wildman–Crippen LogP) is 4.29. The lowest BCUT2D eigenvalue weighted by molar-refractivity contribution is -0.0512. The fraction of sp³-hybridized carbons (Fsp3) is 0.474. The van der Waals surface area contributed by atoms with Crippen molar-refractivity contribution in [3.63, 3.8) is 0 Å². The highest BCUT2D eigenvalue weighted by molar-refractivity contribution is 14.0. The van der Waals surface area contributed by atoms with Crippen LogP contribution in [0.2, 0.25) is 0 Å². The van der Waals surface area contributed by atoms with Gasteiger partial charge < -0.3 is 20.1 Å². The molecular weight excluding hydrogens is 513 g/mol. The van der Waals surface area contributed by atoms with Crippen molar-refractivity contribution in [2.45, 2.75) is 40.3 Å². The first kappa shape index (κ1) is 25.3. The number of guanidine groups is 1. The normalized spacial score (nSPS) is 11.2. The molecule has 2 aromatic rings. The second kappa shape index (κ2) is 12.8. The van der Waals surface area contributed by atoms with Crippen LogP contribution in [0.25, 0.3) is 0 Å². The number of hydrogen-bond acceptors (Lipinski definition) is 5. The van der Waals surface area contributed by atoms with Crippen LogP contribution in [0.1, 0.15) is 28.1 Å². The summed E-state index contributed by atoms with van der Waals surface area (Å²) in [6, 6.07) is 4.88. The molecule has 0 aliphatic heterocycles. The lowest BCUT2D eigenvalue weighted by Gasteiger charge is -2.12. The van der Waals surface area contributed by atoms with E-state index in [4.69, 9.17) is 4.74 Å². The van der Waals surface area contributed by atoms with Crippen molar-refractivity contribution in [1.82, 2.24) is 15.6 Å². The van der Waals surface area contributed by atoms with Crippen molar-refractivity contribution >= 4 is 41.3 Å². The number of methoxy groups -OCH3 is 1. The number of rotatable bonds is 9. The number of halogens is 3. The van der Waals surface area contributed by atoms with Crippen molar-refractivity contribution in [3.05, 3.63) is 39.3 Å². The number of aromatic nitrogens is 1. The van der Waals surface area contributed by atoms with E-state index in [-0.39, 0.29) is 35.5 Å². The minimum Gasteiger partial charge on any atom is -0.493 e. The van der Waals surface area contributed by atoms with Crippen molar-refractivity contribution < 1.29 is 18.3 Å². The number of alkyl halides is 2. The van der Waals surface area contributed by atoms with Crippen LogP contribution in [0.5, 0.6) is 11.5 Å². The first-order chi connectivity index (χ1) is 13.4. The second-order valence-electron chi connectivity index (χ2n) is 5.98. The van der Waals surface area contributed by atoms with E-state index in [2.05, 4.69) is 32.3 Å². The highest BCUT2D eigenvalue weighted by Gasteiger charge is 2.11. The lowest BCUT2D eigenvalue weighted by atomic mass is 10.2. The van der Waals surface area contributed by atoms with Gasteiger partial charge in [-0.25, -0.2) is 9.98 Å². The van der Waals surface area contributed by atoms with Gasteiger partial charge in [-0.2, -0.15) is 8.78 Å². The molecule has 0 spiro atoms. The average Bonchev–Trinajstić information content (AvgIpc) is 2.97. The Labute approximate surface area is 191 Å². The number of aliphatic imine (C=N–C) groups is 1. The SMILES string of the molecule is CCNC(=NCc1ccc(OC)c(OC(F)F)c1)NCCc1nc(C)c(C)s1.I. The van der Waals surface area contributed by atoms with Crippen LogP contribution in [0.4, 0.5) is 8.78 Å². The monoisotopic (exact) mass is 540 g/mol. The Morgan fingerprint density at radius 2 is 2.00 bits per heavy atom. The van der Waals surface area contributed by atoms with Gasteiger partial charge in [-0.15, -0.1) is 35.3 Å². The van der Waals surface area contributed by atoms with E-state index in [9.17, 15) is 8.78 Å². The Kier molecular flexibility index (Phi) is 11.2.